The third-order valence-corrected chi connectivity index (χ3v) is 7.82. The first-order chi connectivity index (χ1) is 18.4. The lowest BCUT2D eigenvalue weighted by molar-refractivity contribution is 0.0780. The van der Waals surface area contributed by atoms with E-state index in [0.717, 1.165) is 45.3 Å². The van der Waals surface area contributed by atoms with Crippen molar-refractivity contribution in [1.29, 1.82) is 0 Å². The zero-order valence-electron chi connectivity index (χ0n) is 21.9. The Kier molecular flexibility index (Phi) is 6.49. The number of nitrogens with zero attached hydrogens (tertiary/aromatic N) is 5. The van der Waals surface area contributed by atoms with Crippen LogP contribution in [-0.2, 0) is 0 Å². The Bertz CT molecular complexity index is 1430. The maximum atomic E-state index is 15.4. The molecule has 1 aliphatic heterocycles. The van der Waals surface area contributed by atoms with Gasteiger partial charge in [-0.2, -0.15) is 5.10 Å². The Morgan fingerprint density at radius 3 is 2.50 bits per heavy atom. The molecule has 1 saturated carbocycles. The molecule has 8 nitrogen and oxygen atoms in total. The second kappa shape index (κ2) is 9.96. The first-order valence-corrected chi connectivity index (χ1v) is 13.4. The molecule has 2 fully saturated rings. The van der Waals surface area contributed by atoms with Crippen molar-refractivity contribution in [3.05, 3.63) is 60.7 Å². The molecule has 2 aromatic heterocycles. The molecule has 0 amide bonds. The number of hydrogen-bond acceptors (Lipinski definition) is 7. The van der Waals surface area contributed by atoms with Gasteiger partial charge in [-0.15, -0.1) is 0 Å². The van der Waals surface area contributed by atoms with E-state index in [9.17, 15) is 0 Å². The van der Waals surface area contributed by atoms with Crippen molar-refractivity contribution in [1.82, 2.24) is 30.0 Å². The number of anilines is 1. The molecule has 0 radical (unpaired) electrons. The Balaban J connectivity index is 1.27. The summed E-state index contributed by atoms with van der Waals surface area (Å²) in [6, 6.07) is 14.9. The fourth-order valence-electron chi connectivity index (χ4n) is 5.97. The highest BCUT2D eigenvalue weighted by atomic mass is 19.1. The quantitative estimate of drug-likeness (QED) is 0.378. The molecular formula is C29H34FN7O. The fraction of sp³-hybridized carbons (Fsp3) is 0.414. The van der Waals surface area contributed by atoms with Gasteiger partial charge in [-0.3, -0.25) is 4.90 Å². The maximum Gasteiger partial charge on any atom is 0.164 e. The van der Waals surface area contributed by atoms with Gasteiger partial charge in [-0.1, -0.05) is 18.2 Å². The SMILES string of the molecule is CC1(C)CN(C2CCC(n3nc(-c4ccc(Oc5ccccc5)cc4F)c4c(N)ncnc43)CC2)CCN1. The molecule has 9 heteroatoms. The molecule has 0 atom stereocenters. The van der Waals surface area contributed by atoms with Crippen molar-refractivity contribution in [2.75, 3.05) is 25.4 Å². The lowest BCUT2D eigenvalue weighted by Crippen LogP contribution is -2.59. The summed E-state index contributed by atoms with van der Waals surface area (Å²) >= 11 is 0. The van der Waals surface area contributed by atoms with Crippen LogP contribution < -0.4 is 15.8 Å². The normalized spacial score (nSPS) is 22.0. The summed E-state index contributed by atoms with van der Waals surface area (Å²) in [5.41, 5.74) is 7.92. The lowest BCUT2D eigenvalue weighted by Gasteiger charge is -2.45. The molecule has 3 heterocycles. The maximum absolute atomic E-state index is 15.4. The Morgan fingerprint density at radius 1 is 1.00 bits per heavy atom. The van der Waals surface area contributed by atoms with Gasteiger partial charge in [0, 0.05) is 42.8 Å². The Labute approximate surface area is 222 Å². The highest BCUT2D eigenvalue weighted by Gasteiger charge is 2.34. The van der Waals surface area contributed by atoms with Crippen LogP contribution in [0.1, 0.15) is 45.6 Å². The van der Waals surface area contributed by atoms with Crippen LogP contribution in [0.2, 0.25) is 0 Å². The average Bonchev–Trinajstić information content (AvgIpc) is 3.30. The van der Waals surface area contributed by atoms with Gasteiger partial charge in [0.25, 0.3) is 0 Å². The first kappa shape index (κ1) is 24.8. The zero-order valence-corrected chi connectivity index (χ0v) is 21.9. The molecule has 4 aromatic rings. The number of rotatable bonds is 5. The average molecular weight is 516 g/mol. The smallest absolute Gasteiger partial charge is 0.164 e. The molecule has 0 unspecified atom stereocenters. The highest BCUT2D eigenvalue weighted by Crippen LogP contribution is 2.38. The standard InChI is InChI=1S/C29H34FN7O/c1-29(2)17-36(15-14-34-29)19-8-10-20(11-9-19)37-28-25(27(31)32-18-33-28)26(35-37)23-13-12-22(16-24(23)30)38-21-6-4-3-5-7-21/h3-7,12-13,16,18-20,34H,8-11,14-15,17H2,1-2H3,(H2,31,32,33). The van der Waals surface area contributed by atoms with Gasteiger partial charge in [-0.25, -0.2) is 19.0 Å². The number of hydrogen-bond donors (Lipinski definition) is 2. The van der Waals surface area contributed by atoms with Crippen molar-refractivity contribution in [3.63, 3.8) is 0 Å². The van der Waals surface area contributed by atoms with Gasteiger partial charge < -0.3 is 15.8 Å². The van der Waals surface area contributed by atoms with Gasteiger partial charge >= 0.3 is 0 Å². The number of nitrogens with two attached hydrogens (primary N) is 1. The van der Waals surface area contributed by atoms with Crippen molar-refractivity contribution >= 4 is 16.9 Å². The van der Waals surface area contributed by atoms with Crippen LogP contribution in [0, 0.1) is 5.82 Å². The van der Waals surface area contributed by atoms with Gasteiger partial charge in [0.1, 0.15) is 35.2 Å². The summed E-state index contributed by atoms with van der Waals surface area (Å²) < 4.78 is 23.2. The second-order valence-corrected chi connectivity index (χ2v) is 11.1. The Morgan fingerprint density at radius 2 is 1.76 bits per heavy atom. The van der Waals surface area contributed by atoms with Crippen molar-refractivity contribution < 1.29 is 9.13 Å². The monoisotopic (exact) mass is 515 g/mol. The van der Waals surface area contributed by atoms with Gasteiger partial charge in [0.2, 0.25) is 0 Å². The van der Waals surface area contributed by atoms with E-state index in [1.54, 1.807) is 12.1 Å². The van der Waals surface area contributed by atoms with E-state index in [4.69, 9.17) is 15.6 Å². The van der Waals surface area contributed by atoms with Crippen LogP contribution in [0.25, 0.3) is 22.3 Å². The predicted molar refractivity (Wildman–Crippen MR) is 147 cm³/mol. The Hall–Kier alpha value is -3.56. The molecule has 3 N–H and O–H groups in total. The lowest BCUT2D eigenvalue weighted by atomic mass is 9.88. The molecule has 0 spiro atoms. The van der Waals surface area contributed by atoms with Crippen molar-refractivity contribution in [2.24, 2.45) is 0 Å². The molecule has 198 valence electrons. The van der Waals surface area contributed by atoms with E-state index in [2.05, 4.69) is 34.0 Å². The number of fused-ring (bicyclic) bond motifs is 1. The molecular weight excluding hydrogens is 481 g/mol. The topological polar surface area (TPSA) is 94.1 Å². The second-order valence-electron chi connectivity index (χ2n) is 11.1. The van der Waals surface area contributed by atoms with E-state index < -0.39 is 5.82 Å². The number of nitrogens with one attached hydrogen (secondary N) is 1. The highest BCUT2D eigenvalue weighted by molar-refractivity contribution is 5.98. The summed E-state index contributed by atoms with van der Waals surface area (Å²) in [6.07, 6.45) is 5.62. The molecule has 0 bridgehead atoms. The van der Waals surface area contributed by atoms with E-state index >= 15 is 4.39 Å². The van der Waals surface area contributed by atoms with Gasteiger partial charge in [0.05, 0.1) is 11.4 Å². The number of aromatic nitrogens is 4. The van der Waals surface area contributed by atoms with Crippen LogP contribution in [0.3, 0.4) is 0 Å². The molecule has 1 aliphatic carbocycles. The van der Waals surface area contributed by atoms with Gasteiger partial charge in [-0.05, 0) is 63.8 Å². The first-order valence-electron chi connectivity index (χ1n) is 13.4. The summed E-state index contributed by atoms with van der Waals surface area (Å²) in [7, 11) is 0. The zero-order chi connectivity index (χ0) is 26.3. The van der Waals surface area contributed by atoms with Crippen molar-refractivity contribution in [2.45, 2.75) is 57.2 Å². The number of ether oxygens (including phenoxy) is 1. The van der Waals surface area contributed by atoms with Crippen molar-refractivity contribution in [3.8, 4) is 22.8 Å². The largest absolute Gasteiger partial charge is 0.457 e. The molecule has 2 aromatic carbocycles. The minimum atomic E-state index is -0.432. The number of piperazine rings is 1. The van der Waals surface area contributed by atoms with Crippen LogP contribution in [-0.4, -0.2) is 55.9 Å². The summed E-state index contributed by atoms with van der Waals surface area (Å²) in [5, 5.41) is 9.11. The van der Waals surface area contributed by atoms with Gasteiger partial charge in [0.15, 0.2) is 5.65 Å². The number of benzene rings is 2. The summed E-state index contributed by atoms with van der Waals surface area (Å²) in [5.74, 6) is 0.932. The minimum Gasteiger partial charge on any atom is -0.457 e. The number of halogens is 1. The third kappa shape index (κ3) is 4.83. The molecule has 38 heavy (non-hydrogen) atoms. The van der Waals surface area contributed by atoms with Crippen LogP contribution in [0.4, 0.5) is 10.2 Å². The van der Waals surface area contributed by atoms with E-state index in [-0.39, 0.29) is 11.6 Å². The van der Waals surface area contributed by atoms with Crippen LogP contribution >= 0.6 is 0 Å². The van der Waals surface area contributed by atoms with E-state index in [1.165, 1.54) is 12.4 Å². The predicted octanol–water partition coefficient (Wildman–Crippen LogP) is 5.17. The molecule has 6 rings (SSSR count). The van der Waals surface area contributed by atoms with E-state index in [1.807, 2.05) is 35.0 Å². The molecule has 1 saturated heterocycles. The van der Waals surface area contributed by atoms with Crippen LogP contribution in [0.5, 0.6) is 11.5 Å². The van der Waals surface area contributed by atoms with E-state index in [0.29, 0.717) is 45.6 Å². The summed E-state index contributed by atoms with van der Waals surface area (Å²) in [6.45, 7) is 7.71. The summed E-state index contributed by atoms with van der Waals surface area (Å²) in [4.78, 5) is 11.4. The third-order valence-electron chi connectivity index (χ3n) is 7.82. The number of nitrogen functional groups attached to an aromatic ring is 1. The number of para-hydroxylation sites is 1. The minimum absolute atomic E-state index is 0.141. The molecule has 2 aliphatic rings. The fourth-order valence-corrected chi connectivity index (χ4v) is 5.97. The van der Waals surface area contributed by atoms with Crippen LogP contribution in [0.15, 0.2) is 54.9 Å².